The number of carboxylic acid groups (broad SMARTS) is 1. The molecule has 1 aliphatic rings. The summed E-state index contributed by atoms with van der Waals surface area (Å²) in [5.41, 5.74) is 3.30. The second-order valence-electron chi connectivity index (χ2n) is 7.10. The Hall–Kier alpha value is -3.35. The van der Waals surface area contributed by atoms with Gasteiger partial charge in [0.2, 0.25) is 0 Å². The van der Waals surface area contributed by atoms with Crippen LogP contribution >= 0.6 is 0 Å². The topological polar surface area (TPSA) is 84.1 Å². The molecule has 0 aliphatic carbocycles. The molecule has 1 fully saturated rings. The van der Waals surface area contributed by atoms with E-state index in [2.05, 4.69) is 4.98 Å². The van der Waals surface area contributed by atoms with Crippen LogP contribution in [-0.4, -0.2) is 44.4 Å². The van der Waals surface area contributed by atoms with Crippen molar-refractivity contribution >= 4 is 17.5 Å². The van der Waals surface area contributed by atoms with E-state index >= 15 is 0 Å². The molecule has 4 rings (SSSR count). The van der Waals surface area contributed by atoms with Crippen molar-refractivity contribution in [3.05, 3.63) is 65.6 Å². The molecule has 0 saturated carbocycles. The molecule has 28 heavy (non-hydrogen) atoms. The number of hydrogen-bond donors (Lipinski definition) is 1. The quantitative estimate of drug-likeness (QED) is 0.737. The van der Waals surface area contributed by atoms with Crippen LogP contribution in [0.1, 0.15) is 28.0 Å². The first kappa shape index (κ1) is 18.0. The molecule has 1 saturated heterocycles. The fourth-order valence-corrected chi connectivity index (χ4v) is 3.43. The van der Waals surface area contributed by atoms with Crippen LogP contribution in [0.5, 0.6) is 5.75 Å². The van der Waals surface area contributed by atoms with Gasteiger partial charge in [0, 0.05) is 31.0 Å². The Labute approximate surface area is 162 Å². The first-order valence-corrected chi connectivity index (χ1v) is 9.19. The lowest BCUT2D eigenvalue weighted by molar-refractivity contribution is -0.141. The monoisotopic (exact) mass is 379 g/mol. The highest BCUT2D eigenvalue weighted by Gasteiger charge is 2.31. The van der Waals surface area contributed by atoms with Crippen LogP contribution < -0.4 is 4.74 Å². The van der Waals surface area contributed by atoms with Crippen molar-refractivity contribution < 1.29 is 19.4 Å². The normalized spacial score (nSPS) is 16.5. The molecule has 1 aliphatic heterocycles. The predicted molar refractivity (Wildman–Crippen MR) is 102 cm³/mol. The van der Waals surface area contributed by atoms with Gasteiger partial charge in [0.05, 0.1) is 11.6 Å². The number of hydrogen-bond acceptors (Lipinski definition) is 4. The van der Waals surface area contributed by atoms with Crippen molar-refractivity contribution in [2.75, 3.05) is 13.1 Å². The minimum absolute atomic E-state index is 0.169. The minimum Gasteiger partial charge on any atom is -0.487 e. The second kappa shape index (κ2) is 7.34. The van der Waals surface area contributed by atoms with Gasteiger partial charge in [0.1, 0.15) is 18.0 Å². The zero-order valence-electron chi connectivity index (χ0n) is 15.5. The highest BCUT2D eigenvalue weighted by atomic mass is 16.5. The Morgan fingerprint density at radius 3 is 2.89 bits per heavy atom. The molecule has 3 aromatic rings. The number of fused-ring (bicyclic) bond motifs is 1. The molecule has 1 amide bonds. The number of carbonyl (C=O) groups excluding carboxylic acids is 1. The molecular formula is C21H21N3O4. The summed E-state index contributed by atoms with van der Waals surface area (Å²) < 4.78 is 7.78. The Kier molecular flexibility index (Phi) is 4.73. The summed E-state index contributed by atoms with van der Waals surface area (Å²) in [7, 11) is 0. The third-order valence-electron chi connectivity index (χ3n) is 4.94. The number of carboxylic acids is 1. The Morgan fingerprint density at radius 1 is 1.25 bits per heavy atom. The van der Waals surface area contributed by atoms with Gasteiger partial charge in [-0.15, -0.1) is 0 Å². The lowest BCUT2D eigenvalue weighted by atomic mass is 10.1. The summed E-state index contributed by atoms with van der Waals surface area (Å²) in [6, 6.07) is 10.9. The van der Waals surface area contributed by atoms with E-state index < -0.39 is 11.9 Å². The molecular weight excluding hydrogens is 358 g/mol. The first-order chi connectivity index (χ1) is 13.5. The van der Waals surface area contributed by atoms with Gasteiger partial charge >= 0.3 is 5.97 Å². The highest BCUT2D eigenvalue weighted by molar-refractivity contribution is 5.95. The van der Waals surface area contributed by atoms with E-state index in [1.165, 1.54) is 0 Å². The molecule has 0 radical (unpaired) electrons. The summed E-state index contributed by atoms with van der Waals surface area (Å²) in [6.07, 6.45) is 4.42. The predicted octanol–water partition coefficient (Wildman–Crippen LogP) is 2.77. The number of pyridine rings is 1. The van der Waals surface area contributed by atoms with Crippen molar-refractivity contribution in [1.29, 1.82) is 0 Å². The standard InChI is InChI=1S/C21H21N3O4/c1-14-5-6-19-22-17(12-24(19)10-14)13-28-18-4-2-3-15(9-18)20(25)23-8-7-16(11-23)21(26)27/h2-6,9-10,12,16H,7-8,11,13H2,1H3,(H,26,27). The van der Waals surface area contributed by atoms with Gasteiger partial charge in [-0.3, -0.25) is 9.59 Å². The molecule has 0 bridgehead atoms. The first-order valence-electron chi connectivity index (χ1n) is 9.19. The molecule has 7 nitrogen and oxygen atoms in total. The third-order valence-corrected chi connectivity index (χ3v) is 4.94. The Bertz CT molecular complexity index is 1040. The Morgan fingerprint density at radius 2 is 2.11 bits per heavy atom. The Balaban J connectivity index is 1.43. The molecule has 0 spiro atoms. The molecule has 1 atom stereocenters. The van der Waals surface area contributed by atoms with Crippen LogP contribution in [0.15, 0.2) is 48.8 Å². The van der Waals surface area contributed by atoms with E-state index in [1.807, 2.05) is 35.9 Å². The number of nitrogens with zero attached hydrogens (tertiary/aromatic N) is 3. The zero-order chi connectivity index (χ0) is 19.7. The summed E-state index contributed by atoms with van der Waals surface area (Å²) >= 11 is 0. The van der Waals surface area contributed by atoms with Gasteiger partial charge in [0.25, 0.3) is 5.91 Å². The van der Waals surface area contributed by atoms with Crippen LogP contribution in [0, 0.1) is 12.8 Å². The molecule has 3 heterocycles. The van der Waals surface area contributed by atoms with Crippen molar-refractivity contribution in [2.45, 2.75) is 20.0 Å². The lowest BCUT2D eigenvalue weighted by Gasteiger charge is -2.16. The molecule has 7 heteroatoms. The maximum atomic E-state index is 12.7. The average molecular weight is 379 g/mol. The summed E-state index contributed by atoms with van der Waals surface area (Å²) in [5.74, 6) is -0.928. The third kappa shape index (κ3) is 3.69. The number of ether oxygens (including phenoxy) is 1. The van der Waals surface area contributed by atoms with Gasteiger partial charge in [-0.25, -0.2) is 4.98 Å². The number of aliphatic carboxylic acids is 1. The molecule has 1 N–H and O–H groups in total. The van der Waals surface area contributed by atoms with Crippen molar-refractivity contribution in [2.24, 2.45) is 5.92 Å². The SMILES string of the molecule is Cc1ccc2nc(COc3cccc(C(=O)N4CCC(C(=O)O)C4)c3)cn2c1. The van der Waals surface area contributed by atoms with E-state index in [4.69, 9.17) is 9.84 Å². The van der Waals surface area contributed by atoms with Crippen molar-refractivity contribution in [3.8, 4) is 5.75 Å². The van der Waals surface area contributed by atoms with Crippen LogP contribution in [0.3, 0.4) is 0 Å². The van der Waals surface area contributed by atoms with Gasteiger partial charge in [-0.05, 0) is 43.2 Å². The van der Waals surface area contributed by atoms with E-state index in [1.54, 1.807) is 29.2 Å². The number of amides is 1. The van der Waals surface area contributed by atoms with Crippen molar-refractivity contribution in [1.82, 2.24) is 14.3 Å². The number of benzene rings is 1. The smallest absolute Gasteiger partial charge is 0.308 e. The van der Waals surface area contributed by atoms with E-state index in [0.717, 1.165) is 16.9 Å². The van der Waals surface area contributed by atoms with E-state index in [9.17, 15) is 9.59 Å². The fourth-order valence-electron chi connectivity index (χ4n) is 3.43. The summed E-state index contributed by atoms with van der Waals surface area (Å²) in [5, 5.41) is 9.11. The van der Waals surface area contributed by atoms with Crippen LogP contribution in [0.25, 0.3) is 5.65 Å². The minimum atomic E-state index is -0.852. The van der Waals surface area contributed by atoms with E-state index in [-0.39, 0.29) is 12.5 Å². The number of aryl methyl sites for hydroxylation is 1. The van der Waals surface area contributed by atoms with Crippen LogP contribution in [-0.2, 0) is 11.4 Å². The maximum absolute atomic E-state index is 12.7. The van der Waals surface area contributed by atoms with Crippen LogP contribution in [0.4, 0.5) is 0 Å². The maximum Gasteiger partial charge on any atom is 0.308 e. The van der Waals surface area contributed by atoms with Crippen molar-refractivity contribution in [3.63, 3.8) is 0 Å². The second-order valence-corrected chi connectivity index (χ2v) is 7.10. The highest BCUT2D eigenvalue weighted by Crippen LogP contribution is 2.21. The van der Waals surface area contributed by atoms with Gasteiger partial charge in [-0.1, -0.05) is 12.1 Å². The van der Waals surface area contributed by atoms with Crippen LogP contribution in [0.2, 0.25) is 0 Å². The number of aromatic nitrogens is 2. The summed E-state index contributed by atoms with van der Waals surface area (Å²) in [4.78, 5) is 29.9. The molecule has 1 unspecified atom stereocenters. The summed E-state index contributed by atoms with van der Waals surface area (Å²) in [6.45, 7) is 3.03. The number of imidazole rings is 1. The zero-order valence-corrected chi connectivity index (χ0v) is 15.5. The molecule has 2 aromatic heterocycles. The molecule has 1 aromatic carbocycles. The van der Waals surface area contributed by atoms with Gasteiger partial charge < -0.3 is 19.1 Å². The van der Waals surface area contributed by atoms with Gasteiger partial charge in [0.15, 0.2) is 0 Å². The number of rotatable bonds is 5. The lowest BCUT2D eigenvalue weighted by Crippen LogP contribution is -2.29. The van der Waals surface area contributed by atoms with Gasteiger partial charge in [-0.2, -0.15) is 0 Å². The number of carbonyl (C=O) groups is 2. The molecule has 144 valence electrons. The fraction of sp³-hybridized carbons (Fsp3) is 0.286. The van der Waals surface area contributed by atoms with E-state index in [0.29, 0.717) is 30.9 Å². The number of likely N-dealkylation sites (tertiary alicyclic amines) is 1. The largest absolute Gasteiger partial charge is 0.487 e. The average Bonchev–Trinajstić information content (AvgIpc) is 3.33.